The number of fused-ring (bicyclic) bond motifs is 1. The van der Waals surface area contributed by atoms with E-state index >= 15 is 0 Å². The highest BCUT2D eigenvalue weighted by Gasteiger charge is 2.44. The number of aryl methyl sites for hydroxylation is 1. The summed E-state index contributed by atoms with van der Waals surface area (Å²) in [5, 5.41) is 4.35. The topological polar surface area (TPSA) is 56.1 Å². The smallest absolute Gasteiger partial charge is 0.233 e. The molecule has 5 rings (SSSR count). The summed E-state index contributed by atoms with van der Waals surface area (Å²) in [5.74, 6) is 0.472. The van der Waals surface area contributed by atoms with E-state index in [0.29, 0.717) is 39.5 Å². The second kappa shape index (κ2) is 9.04. The normalized spacial score (nSPS) is 21.4. The lowest BCUT2D eigenvalue weighted by Crippen LogP contribution is -2.51. The molecule has 3 aromatic rings. The van der Waals surface area contributed by atoms with Crippen LogP contribution in [0.5, 0.6) is 0 Å². The zero-order chi connectivity index (χ0) is 22.0. The number of nitrogens with zero attached hydrogens (tertiary/aromatic N) is 3. The molecule has 1 amide bonds. The predicted molar refractivity (Wildman–Crippen MR) is 123 cm³/mol. The first kappa shape index (κ1) is 21.2. The first-order chi connectivity index (χ1) is 15.7. The van der Waals surface area contributed by atoms with Crippen molar-refractivity contribution >= 4 is 11.4 Å². The fourth-order valence-corrected chi connectivity index (χ4v) is 5.21. The molecule has 1 atom stereocenters. The van der Waals surface area contributed by atoms with Crippen LogP contribution in [0.2, 0.25) is 0 Å². The van der Waals surface area contributed by atoms with Crippen LogP contribution in [0.25, 0.3) is 5.52 Å². The lowest BCUT2D eigenvalue weighted by molar-refractivity contribution is -0.141. The molecule has 0 bridgehead atoms. The number of aromatic nitrogens is 2. The largest absolute Gasteiger partial charge is 0.381 e. The summed E-state index contributed by atoms with van der Waals surface area (Å²) in [4.78, 5) is 16.1. The lowest BCUT2D eigenvalue weighted by atomic mass is 9.72. The molecule has 0 radical (unpaired) electrons. The van der Waals surface area contributed by atoms with Gasteiger partial charge >= 0.3 is 0 Å². The van der Waals surface area contributed by atoms with Crippen molar-refractivity contribution in [2.75, 3.05) is 39.5 Å². The number of hydrogen-bond donors (Lipinski definition) is 0. The van der Waals surface area contributed by atoms with Gasteiger partial charge in [-0.05, 0) is 49.4 Å². The number of carbonyl (C=O) groups excluding carboxylic acids is 1. The van der Waals surface area contributed by atoms with Crippen LogP contribution in [-0.4, -0.2) is 59.9 Å². The van der Waals surface area contributed by atoms with Crippen molar-refractivity contribution in [3.05, 3.63) is 71.5 Å². The van der Waals surface area contributed by atoms with Crippen molar-refractivity contribution in [1.29, 1.82) is 0 Å². The Hall–Kier alpha value is -2.70. The van der Waals surface area contributed by atoms with Gasteiger partial charge in [-0.3, -0.25) is 4.79 Å². The summed E-state index contributed by atoms with van der Waals surface area (Å²) >= 11 is 0. The van der Waals surface area contributed by atoms with E-state index in [4.69, 9.17) is 9.47 Å². The molecule has 2 aliphatic rings. The van der Waals surface area contributed by atoms with E-state index in [1.807, 2.05) is 29.0 Å². The van der Waals surface area contributed by atoms with Crippen LogP contribution in [0.15, 0.2) is 54.9 Å². The van der Waals surface area contributed by atoms with Crippen LogP contribution >= 0.6 is 0 Å². The molecule has 4 heterocycles. The van der Waals surface area contributed by atoms with Crippen molar-refractivity contribution in [1.82, 2.24) is 14.5 Å². The fourth-order valence-electron chi connectivity index (χ4n) is 5.21. The highest BCUT2D eigenvalue weighted by molar-refractivity contribution is 5.88. The molecule has 2 fully saturated rings. The molecule has 6 heteroatoms. The van der Waals surface area contributed by atoms with E-state index in [2.05, 4.69) is 47.3 Å². The molecule has 0 saturated carbocycles. The molecule has 2 aliphatic heterocycles. The Bertz CT molecular complexity index is 1070. The molecule has 6 nitrogen and oxygen atoms in total. The molecule has 0 spiro atoms. The molecule has 2 aromatic heterocycles. The molecule has 0 unspecified atom stereocenters. The highest BCUT2D eigenvalue weighted by atomic mass is 16.5. The second-order valence-electron chi connectivity index (χ2n) is 9.15. The zero-order valence-corrected chi connectivity index (χ0v) is 18.7. The van der Waals surface area contributed by atoms with Crippen LogP contribution in [0.4, 0.5) is 0 Å². The summed E-state index contributed by atoms with van der Waals surface area (Å²) in [6.45, 7) is 5.93. The number of amides is 1. The molecular weight excluding hydrogens is 402 g/mol. The van der Waals surface area contributed by atoms with Gasteiger partial charge in [0, 0.05) is 44.6 Å². The maximum atomic E-state index is 14.1. The van der Waals surface area contributed by atoms with Gasteiger partial charge in [-0.25, -0.2) is 4.52 Å². The molecule has 0 N–H and O–H groups in total. The molecule has 168 valence electrons. The summed E-state index contributed by atoms with van der Waals surface area (Å²) in [7, 11) is 0. The maximum Gasteiger partial charge on any atom is 0.233 e. The van der Waals surface area contributed by atoms with E-state index in [1.165, 1.54) is 11.1 Å². The van der Waals surface area contributed by atoms with Gasteiger partial charge in [0.2, 0.25) is 5.91 Å². The third-order valence-corrected chi connectivity index (χ3v) is 7.02. The van der Waals surface area contributed by atoms with Crippen molar-refractivity contribution < 1.29 is 14.3 Å². The monoisotopic (exact) mass is 433 g/mol. The molecular formula is C26H31N3O3. The Morgan fingerprint density at radius 3 is 2.72 bits per heavy atom. The number of ether oxygens (including phenoxy) is 2. The van der Waals surface area contributed by atoms with Gasteiger partial charge in [-0.1, -0.05) is 35.9 Å². The highest BCUT2D eigenvalue weighted by Crippen LogP contribution is 2.37. The first-order valence-electron chi connectivity index (χ1n) is 11.6. The second-order valence-corrected chi connectivity index (χ2v) is 9.15. The summed E-state index contributed by atoms with van der Waals surface area (Å²) < 4.78 is 13.5. The Balaban J connectivity index is 1.40. The van der Waals surface area contributed by atoms with Gasteiger partial charge in [-0.15, -0.1) is 0 Å². The molecule has 0 aliphatic carbocycles. The van der Waals surface area contributed by atoms with Crippen molar-refractivity contribution in [3.8, 4) is 0 Å². The van der Waals surface area contributed by atoms with E-state index < -0.39 is 5.41 Å². The van der Waals surface area contributed by atoms with Gasteiger partial charge in [0.05, 0.1) is 24.1 Å². The number of rotatable bonds is 4. The number of hydrogen-bond acceptors (Lipinski definition) is 4. The van der Waals surface area contributed by atoms with Crippen LogP contribution < -0.4 is 0 Å². The Kier molecular flexibility index (Phi) is 5.98. The van der Waals surface area contributed by atoms with E-state index in [0.717, 1.165) is 30.3 Å². The van der Waals surface area contributed by atoms with Crippen LogP contribution in [0.3, 0.4) is 0 Å². The van der Waals surface area contributed by atoms with Crippen LogP contribution in [0.1, 0.15) is 29.5 Å². The van der Waals surface area contributed by atoms with E-state index in [1.54, 1.807) is 0 Å². The molecule has 32 heavy (non-hydrogen) atoms. The van der Waals surface area contributed by atoms with Gasteiger partial charge in [0.1, 0.15) is 0 Å². The fraction of sp³-hybridized carbons (Fsp3) is 0.462. The van der Waals surface area contributed by atoms with Crippen molar-refractivity contribution in [2.24, 2.45) is 5.92 Å². The van der Waals surface area contributed by atoms with E-state index in [9.17, 15) is 4.79 Å². The third-order valence-electron chi connectivity index (χ3n) is 7.02. The van der Waals surface area contributed by atoms with Gasteiger partial charge in [-0.2, -0.15) is 5.10 Å². The summed E-state index contributed by atoms with van der Waals surface area (Å²) in [6, 6.07) is 14.7. The minimum absolute atomic E-state index is 0.225. The number of pyridine rings is 1. The van der Waals surface area contributed by atoms with E-state index in [-0.39, 0.29) is 11.8 Å². The third kappa shape index (κ3) is 4.05. The van der Waals surface area contributed by atoms with Crippen molar-refractivity contribution in [2.45, 2.75) is 31.6 Å². The first-order valence-corrected chi connectivity index (χ1v) is 11.6. The lowest BCUT2D eigenvalue weighted by Gasteiger charge is -2.40. The van der Waals surface area contributed by atoms with Crippen LogP contribution in [0, 0.1) is 12.8 Å². The zero-order valence-electron chi connectivity index (χ0n) is 18.7. The average Bonchev–Trinajstić information content (AvgIpc) is 3.19. The standard InChI is InChI=1S/C26H31N3O3/c1-20-4-6-23(7-5-20)26(9-14-31-15-10-26)25(30)28-13-16-32-19-21(18-28)17-22-3-2-12-29-24(22)8-11-27-29/h2-8,11-12,21H,9-10,13-19H2,1H3/t21-/m1/s1. The quantitative estimate of drug-likeness (QED) is 0.633. The Morgan fingerprint density at radius 2 is 1.91 bits per heavy atom. The van der Waals surface area contributed by atoms with Gasteiger partial charge in [0.25, 0.3) is 0 Å². The minimum atomic E-state index is -0.508. The number of benzene rings is 1. The SMILES string of the molecule is Cc1ccc(C2(C(=O)N3CCOC[C@H](Cc4cccn5nccc45)C3)CCOCC2)cc1. The Labute approximate surface area is 189 Å². The molecule has 2 saturated heterocycles. The van der Waals surface area contributed by atoms with Crippen LogP contribution in [-0.2, 0) is 26.1 Å². The van der Waals surface area contributed by atoms with Gasteiger partial charge in [0.15, 0.2) is 0 Å². The minimum Gasteiger partial charge on any atom is -0.381 e. The van der Waals surface area contributed by atoms with Gasteiger partial charge < -0.3 is 14.4 Å². The predicted octanol–water partition coefficient (Wildman–Crippen LogP) is 3.41. The number of carbonyl (C=O) groups is 1. The Morgan fingerprint density at radius 1 is 1.09 bits per heavy atom. The summed E-state index contributed by atoms with van der Waals surface area (Å²) in [6.07, 6.45) is 6.11. The average molecular weight is 434 g/mol. The van der Waals surface area contributed by atoms with Crippen molar-refractivity contribution in [3.63, 3.8) is 0 Å². The molecule has 1 aromatic carbocycles. The maximum absolute atomic E-state index is 14.1. The summed E-state index contributed by atoms with van der Waals surface area (Å²) in [5.41, 5.74) is 4.18.